The molecule has 1 aromatic heterocycles. The Labute approximate surface area is 142 Å². The van der Waals surface area contributed by atoms with Gasteiger partial charge in [-0.1, -0.05) is 31.0 Å². The van der Waals surface area contributed by atoms with Crippen LogP contribution in [0.2, 0.25) is 0 Å². The lowest BCUT2D eigenvalue weighted by atomic mass is 10.2. The molecule has 1 aliphatic carbocycles. The minimum Gasteiger partial charge on any atom is -0.448 e. The maximum absolute atomic E-state index is 12.3. The van der Waals surface area contributed by atoms with E-state index >= 15 is 0 Å². The Kier molecular flexibility index (Phi) is 4.71. The molecule has 1 heterocycles. The van der Waals surface area contributed by atoms with E-state index in [1.165, 1.54) is 0 Å². The first-order valence-corrected chi connectivity index (χ1v) is 8.63. The highest BCUT2D eigenvalue weighted by atomic mass is 79.9. The third kappa shape index (κ3) is 3.42. The van der Waals surface area contributed by atoms with Gasteiger partial charge in [0.15, 0.2) is 6.10 Å². The second-order valence-corrected chi connectivity index (χ2v) is 6.69. The van der Waals surface area contributed by atoms with Gasteiger partial charge in [0.1, 0.15) is 5.69 Å². The lowest BCUT2D eigenvalue weighted by Crippen LogP contribution is -2.40. The number of carbonyl (C=O) groups is 2. The molecular weight excluding hydrogens is 360 g/mol. The number of H-pyrrole nitrogens is 1. The summed E-state index contributed by atoms with van der Waals surface area (Å²) >= 11 is 3.42. The number of benzene rings is 1. The highest BCUT2D eigenvalue weighted by Gasteiger charge is 2.25. The number of halogens is 1. The van der Waals surface area contributed by atoms with Crippen molar-refractivity contribution in [3.63, 3.8) is 0 Å². The molecule has 1 aliphatic rings. The monoisotopic (exact) mass is 378 g/mol. The highest BCUT2D eigenvalue weighted by Crippen LogP contribution is 2.28. The molecule has 0 radical (unpaired) electrons. The van der Waals surface area contributed by atoms with E-state index in [0.29, 0.717) is 10.2 Å². The van der Waals surface area contributed by atoms with E-state index in [1.54, 1.807) is 6.92 Å². The van der Waals surface area contributed by atoms with Crippen LogP contribution in [-0.2, 0) is 9.53 Å². The van der Waals surface area contributed by atoms with Crippen molar-refractivity contribution in [2.75, 3.05) is 0 Å². The molecule has 3 rings (SSSR count). The van der Waals surface area contributed by atoms with Gasteiger partial charge in [0.2, 0.25) is 0 Å². The molecule has 23 heavy (non-hydrogen) atoms. The van der Waals surface area contributed by atoms with Crippen LogP contribution in [0.15, 0.2) is 28.7 Å². The summed E-state index contributed by atoms with van der Waals surface area (Å²) in [6.07, 6.45) is 3.46. The molecule has 122 valence electrons. The van der Waals surface area contributed by atoms with E-state index in [9.17, 15) is 9.59 Å². The first-order chi connectivity index (χ1) is 11.1. The molecule has 1 amide bonds. The number of carbonyl (C=O) groups excluding carboxylic acids is 2. The van der Waals surface area contributed by atoms with Gasteiger partial charge in [0.25, 0.3) is 5.91 Å². The number of nitrogens with one attached hydrogen (secondary N) is 2. The predicted octanol–water partition coefficient (Wildman–Crippen LogP) is 3.53. The number of para-hydroxylation sites is 1. The standard InChI is InChI=1S/C17H19BrN2O3/c1-10(16(21)19-11-6-2-3-7-11)23-17(22)15-14(18)12-8-4-5-9-13(12)20-15/h4-5,8-11,20H,2-3,6-7H2,1H3,(H,19,21). The van der Waals surface area contributed by atoms with Gasteiger partial charge >= 0.3 is 5.97 Å². The van der Waals surface area contributed by atoms with Crippen molar-refractivity contribution in [3.05, 3.63) is 34.4 Å². The third-order valence-electron chi connectivity index (χ3n) is 4.20. The number of fused-ring (bicyclic) bond motifs is 1. The molecule has 2 aromatic rings. The number of hydrogen-bond acceptors (Lipinski definition) is 3. The van der Waals surface area contributed by atoms with Gasteiger partial charge in [-0.3, -0.25) is 4.79 Å². The third-order valence-corrected chi connectivity index (χ3v) is 5.03. The Morgan fingerprint density at radius 3 is 2.70 bits per heavy atom. The molecule has 1 atom stereocenters. The quantitative estimate of drug-likeness (QED) is 0.799. The van der Waals surface area contributed by atoms with Crippen molar-refractivity contribution in [3.8, 4) is 0 Å². The summed E-state index contributed by atoms with van der Waals surface area (Å²) in [4.78, 5) is 27.5. The second kappa shape index (κ2) is 6.74. The van der Waals surface area contributed by atoms with Gasteiger partial charge in [-0.15, -0.1) is 0 Å². The Morgan fingerprint density at radius 2 is 2.00 bits per heavy atom. The van der Waals surface area contributed by atoms with E-state index in [2.05, 4.69) is 26.2 Å². The molecule has 5 nitrogen and oxygen atoms in total. The van der Waals surface area contributed by atoms with Crippen LogP contribution < -0.4 is 5.32 Å². The largest absolute Gasteiger partial charge is 0.448 e. The maximum atomic E-state index is 12.3. The van der Waals surface area contributed by atoms with E-state index in [4.69, 9.17) is 4.74 Å². The van der Waals surface area contributed by atoms with Crippen molar-refractivity contribution in [1.29, 1.82) is 0 Å². The van der Waals surface area contributed by atoms with Crippen molar-refractivity contribution >= 4 is 38.7 Å². The van der Waals surface area contributed by atoms with Gasteiger partial charge in [0, 0.05) is 16.9 Å². The van der Waals surface area contributed by atoms with Crippen LogP contribution in [0.1, 0.15) is 43.1 Å². The molecule has 1 aromatic carbocycles. The summed E-state index contributed by atoms with van der Waals surface area (Å²) in [5.41, 5.74) is 1.17. The summed E-state index contributed by atoms with van der Waals surface area (Å²) in [6.45, 7) is 1.60. The fourth-order valence-electron chi connectivity index (χ4n) is 2.91. The number of esters is 1. The van der Waals surface area contributed by atoms with E-state index < -0.39 is 12.1 Å². The molecule has 0 aliphatic heterocycles. The van der Waals surface area contributed by atoms with Gasteiger partial charge in [-0.05, 0) is 41.8 Å². The maximum Gasteiger partial charge on any atom is 0.356 e. The van der Waals surface area contributed by atoms with Gasteiger partial charge in [-0.2, -0.15) is 0 Å². The number of aromatic nitrogens is 1. The fourth-order valence-corrected chi connectivity index (χ4v) is 3.52. The zero-order valence-corrected chi connectivity index (χ0v) is 14.5. The first kappa shape index (κ1) is 16.1. The topological polar surface area (TPSA) is 71.2 Å². The van der Waals surface area contributed by atoms with E-state index in [0.717, 1.165) is 36.6 Å². The Morgan fingerprint density at radius 1 is 1.30 bits per heavy atom. The minimum absolute atomic E-state index is 0.212. The zero-order chi connectivity index (χ0) is 16.4. The lowest BCUT2D eigenvalue weighted by molar-refractivity contribution is -0.129. The average molecular weight is 379 g/mol. The second-order valence-electron chi connectivity index (χ2n) is 5.90. The normalized spacial score (nSPS) is 16.4. The number of ether oxygens (including phenoxy) is 1. The number of amides is 1. The van der Waals surface area contributed by atoms with Crippen molar-refractivity contribution in [2.24, 2.45) is 0 Å². The highest BCUT2D eigenvalue weighted by molar-refractivity contribution is 9.10. The number of hydrogen-bond donors (Lipinski definition) is 2. The first-order valence-electron chi connectivity index (χ1n) is 7.84. The molecule has 0 bridgehead atoms. The summed E-state index contributed by atoms with van der Waals surface area (Å²) in [7, 11) is 0. The van der Waals surface area contributed by atoms with Crippen LogP contribution in [0.3, 0.4) is 0 Å². The van der Waals surface area contributed by atoms with Crippen LogP contribution in [0, 0.1) is 0 Å². The van der Waals surface area contributed by atoms with Crippen LogP contribution in [0.4, 0.5) is 0 Å². The Hall–Kier alpha value is -1.82. The molecule has 0 saturated heterocycles. The molecule has 1 saturated carbocycles. The molecule has 2 N–H and O–H groups in total. The lowest BCUT2D eigenvalue weighted by Gasteiger charge is -2.16. The summed E-state index contributed by atoms with van der Waals surface area (Å²) in [5.74, 6) is -0.778. The average Bonchev–Trinajstić information content (AvgIpc) is 3.16. The molecule has 6 heteroatoms. The molecule has 1 fully saturated rings. The molecule has 1 unspecified atom stereocenters. The number of aromatic amines is 1. The minimum atomic E-state index is -0.818. The van der Waals surface area contributed by atoms with Crippen molar-refractivity contribution in [1.82, 2.24) is 10.3 Å². The summed E-state index contributed by atoms with van der Waals surface area (Å²) < 4.78 is 5.96. The molecular formula is C17H19BrN2O3. The van der Waals surface area contributed by atoms with Gasteiger partial charge in [0.05, 0.1) is 4.47 Å². The smallest absolute Gasteiger partial charge is 0.356 e. The zero-order valence-electron chi connectivity index (χ0n) is 12.9. The summed E-state index contributed by atoms with van der Waals surface area (Å²) in [6, 6.07) is 7.78. The SMILES string of the molecule is CC(OC(=O)c1[nH]c2ccccc2c1Br)C(=O)NC1CCCC1. The van der Waals surface area contributed by atoms with Crippen LogP contribution in [0.5, 0.6) is 0 Å². The van der Waals surface area contributed by atoms with Gasteiger partial charge in [-0.25, -0.2) is 4.79 Å². The van der Waals surface area contributed by atoms with Crippen LogP contribution in [0.25, 0.3) is 10.9 Å². The van der Waals surface area contributed by atoms with Crippen molar-refractivity contribution in [2.45, 2.75) is 44.8 Å². The fraction of sp³-hybridized carbons (Fsp3) is 0.412. The van der Waals surface area contributed by atoms with E-state index in [1.807, 2.05) is 24.3 Å². The van der Waals surface area contributed by atoms with Gasteiger partial charge < -0.3 is 15.0 Å². The Bertz CT molecular complexity index is 735. The summed E-state index contributed by atoms with van der Waals surface area (Å²) in [5, 5.41) is 3.84. The van der Waals surface area contributed by atoms with E-state index in [-0.39, 0.29) is 11.9 Å². The van der Waals surface area contributed by atoms with Crippen LogP contribution >= 0.6 is 15.9 Å². The number of rotatable bonds is 4. The van der Waals surface area contributed by atoms with Crippen LogP contribution in [-0.4, -0.2) is 29.0 Å². The molecule has 0 spiro atoms. The predicted molar refractivity (Wildman–Crippen MR) is 91.3 cm³/mol. The Balaban J connectivity index is 1.67. The van der Waals surface area contributed by atoms with Crippen molar-refractivity contribution < 1.29 is 14.3 Å².